The lowest BCUT2D eigenvalue weighted by Crippen LogP contribution is -2.52. The smallest absolute Gasteiger partial charge is 0.255 e. The van der Waals surface area contributed by atoms with Gasteiger partial charge in [0.1, 0.15) is 0 Å². The predicted molar refractivity (Wildman–Crippen MR) is 106 cm³/mol. The van der Waals surface area contributed by atoms with Crippen molar-refractivity contribution in [1.29, 1.82) is 0 Å². The highest BCUT2D eigenvalue weighted by molar-refractivity contribution is 6.36. The topological polar surface area (TPSA) is 66.6 Å². The number of rotatable bonds is 2. The molecule has 144 valence electrons. The number of hydrogen-bond acceptors (Lipinski definition) is 3. The van der Waals surface area contributed by atoms with Gasteiger partial charge in [-0.05, 0) is 37.5 Å². The van der Waals surface area contributed by atoms with Crippen molar-refractivity contribution in [2.45, 2.75) is 31.7 Å². The quantitative estimate of drug-likeness (QED) is 0.799. The molecule has 2 atom stereocenters. The van der Waals surface area contributed by atoms with Gasteiger partial charge in [-0.2, -0.15) is 0 Å². The van der Waals surface area contributed by atoms with Crippen LogP contribution in [0, 0.1) is 5.92 Å². The molecule has 2 fully saturated rings. The van der Waals surface area contributed by atoms with Crippen molar-refractivity contribution in [3.05, 3.63) is 33.8 Å². The molecule has 2 unspecified atom stereocenters. The number of benzene rings is 1. The molecule has 2 N–H and O–H groups in total. The minimum atomic E-state index is -0.117. The third-order valence-electron chi connectivity index (χ3n) is 5.10. The van der Waals surface area contributed by atoms with Gasteiger partial charge in [0, 0.05) is 43.2 Å². The van der Waals surface area contributed by atoms with E-state index >= 15 is 0 Å². The highest BCUT2D eigenvalue weighted by Gasteiger charge is 2.32. The Labute approximate surface area is 170 Å². The van der Waals surface area contributed by atoms with Crippen molar-refractivity contribution >= 4 is 47.4 Å². The van der Waals surface area contributed by atoms with E-state index in [9.17, 15) is 9.59 Å². The highest BCUT2D eigenvalue weighted by atomic mass is 35.5. The molecule has 1 aliphatic carbocycles. The number of amides is 2. The van der Waals surface area contributed by atoms with Gasteiger partial charge in [-0.15, -0.1) is 12.4 Å². The van der Waals surface area contributed by atoms with E-state index in [0.29, 0.717) is 41.8 Å². The van der Waals surface area contributed by atoms with Crippen LogP contribution in [0.2, 0.25) is 10.0 Å². The van der Waals surface area contributed by atoms with Crippen molar-refractivity contribution < 1.29 is 9.59 Å². The predicted octanol–water partition coefficient (Wildman–Crippen LogP) is 3.22. The van der Waals surface area contributed by atoms with Crippen LogP contribution in [-0.2, 0) is 4.79 Å². The van der Waals surface area contributed by atoms with Crippen LogP contribution >= 0.6 is 35.6 Å². The molecule has 2 amide bonds. The van der Waals surface area contributed by atoms with Crippen molar-refractivity contribution in [3.63, 3.8) is 0 Å². The number of hydrogen-bond donors (Lipinski definition) is 1. The summed E-state index contributed by atoms with van der Waals surface area (Å²) in [5.41, 5.74) is 6.45. The molecule has 0 radical (unpaired) electrons. The van der Waals surface area contributed by atoms with Crippen molar-refractivity contribution in [3.8, 4) is 0 Å². The normalized spacial score (nSPS) is 23.3. The third kappa shape index (κ3) is 4.83. The first-order valence-corrected chi connectivity index (χ1v) is 9.50. The average molecular weight is 421 g/mol. The van der Waals surface area contributed by atoms with Gasteiger partial charge >= 0.3 is 0 Å². The molecule has 2 aliphatic rings. The monoisotopic (exact) mass is 419 g/mol. The van der Waals surface area contributed by atoms with E-state index in [1.165, 1.54) is 0 Å². The molecule has 0 bridgehead atoms. The van der Waals surface area contributed by atoms with E-state index in [-0.39, 0.29) is 36.2 Å². The first kappa shape index (κ1) is 21.3. The molecule has 1 aromatic rings. The van der Waals surface area contributed by atoms with E-state index in [1.807, 2.05) is 4.90 Å². The Bertz CT molecular complexity index is 663. The van der Waals surface area contributed by atoms with E-state index in [0.717, 1.165) is 25.7 Å². The van der Waals surface area contributed by atoms with Crippen LogP contribution in [0.5, 0.6) is 0 Å². The summed E-state index contributed by atoms with van der Waals surface area (Å²) in [6.45, 7) is 2.15. The van der Waals surface area contributed by atoms with Crippen molar-refractivity contribution in [1.82, 2.24) is 9.80 Å². The molecule has 3 rings (SSSR count). The molecule has 1 aliphatic heterocycles. The van der Waals surface area contributed by atoms with Gasteiger partial charge in [-0.25, -0.2) is 0 Å². The molecule has 8 heteroatoms. The second-order valence-electron chi connectivity index (χ2n) is 6.87. The first-order chi connectivity index (χ1) is 12.0. The zero-order chi connectivity index (χ0) is 18.0. The molecule has 1 saturated heterocycles. The van der Waals surface area contributed by atoms with Gasteiger partial charge in [-0.1, -0.05) is 29.6 Å². The molecule has 5 nitrogen and oxygen atoms in total. The average Bonchev–Trinajstić information content (AvgIpc) is 2.61. The van der Waals surface area contributed by atoms with Crippen LogP contribution in [0.4, 0.5) is 0 Å². The maximum Gasteiger partial charge on any atom is 0.255 e. The van der Waals surface area contributed by atoms with E-state index in [2.05, 4.69) is 0 Å². The van der Waals surface area contributed by atoms with Gasteiger partial charge < -0.3 is 15.5 Å². The molecule has 0 spiro atoms. The fourth-order valence-electron chi connectivity index (χ4n) is 3.67. The summed E-state index contributed by atoms with van der Waals surface area (Å²) in [5, 5.41) is 0.856. The maximum atomic E-state index is 12.7. The number of carbonyl (C=O) groups is 2. The Morgan fingerprint density at radius 3 is 2.31 bits per heavy atom. The number of carbonyl (C=O) groups excluding carboxylic acids is 2. The van der Waals surface area contributed by atoms with Crippen LogP contribution in [-0.4, -0.2) is 53.8 Å². The molecule has 0 aromatic heterocycles. The Morgan fingerprint density at radius 1 is 1.04 bits per heavy atom. The zero-order valence-electron chi connectivity index (χ0n) is 14.5. The Morgan fingerprint density at radius 2 is 1.69 bits per heavy atom. The number of nitrogens with two attached hydrogens (primary N) is 1. The second-order valence-corrected chi connectivity index (χ2v) is 7.71. The van der Waals surface area contributed by atoms with Crippen molar-refractivity contribution in [2.75, 3.05) is 26.2 Å². The summed E-state index contributed by atoms with van der Waals surface area (Å²) in [6, 6.07) is 5.01. The Kier molecular flexibility index (Phi) is 7.59. The summed E-state index contributed by atoms with van der Waals surface area (Å²) >= 11 is 12.0. The van der Waals surface area contributed by atoms with Gasteiger partial charge in [0.2, 0.25) is 5.91 Å². The van der Waals surface area contributed by atoms with Crippen LogP contribution in [0.3, 0.4) is 0 Å². The van der Waals surface area contributed by atoms with Gasteiger partial charge in [0.15, 0.2) is 0 Å². The minimum Gasteiger partial charge on any atom is -0.339 e. The molecule has 1 saturated carbocycles. The van der Waals surface area contributed by atoms with Gasteiger partial charge in [0.25, 0.3) is 5.91 Å². The van der Waals surface area contributed by atoms with E-state index in [1.54, 1.807) is 23.1 Å². The maximum absolute atomic E-state index is 12.7. The molecular formula is C18H24Cl3N3O2. The van der Waals surface area contributed by atoms with Crippen LogP contribution in [0.1, 0.15) is 36.0 Å². The highest BCUT2D eigenvalue weighted by Crippen LogP contribution is 2.26. The van der Waals surface area contributed by atoms with E-state index < -0.39 is 0 Å². The fraction of sp³-hybridized carbons (Fsp3) is 0.556. The summed E-state index contributed by atoms with van der Waals surface area (Å²) in [4.78, 5) is 28.9. The molecule has 26 heavy (non-hydrogen) atoms. The zero-order valence-corrected chi connectivity index (χ0v) is 16.8. The standard InChI is InChI=1S/C18H23Cl2N3O2.ClH/c19-13-4-5-15(16(20)11-13)18(25)23-8-6-22(7-9-23)17(24)12-2-1-3-14(21)10-12;/h4-5,11-12,14H,1-3,6-10,21H2;1H. The molecule has 1 aromatic carbocycles. The minimum absolute atomic E-state index is 0. The fourth-order valence-corrected chi connectivity index (χ4v) is 4.16. The lowest BCUT2D eigenvalue weighted by Gasteiger charge is -2.38. The SMILES string of the molecule is Cl.NC1CCCC(C(=O)N2CCN(C(=O)c3ccc(Cl)cc3Cl)CC2)C1. The molecule has 1 heterocycles. The van der Waals surface area contributed by atoms with Crippen LogP contribution < -0.4 is 5.73 Å². The second kappa shape index (κ2) is 9.27. The lowest BCUT2D eigenvalue weighted by atomic mass is 9.85. The Balaban J connectivity index is 0.00000243. The van der Waals surface area contributed by atoms with Gasteiger partial charge in [0.05, 0.1) is 10.6 Å². The summed E-state index contributed by atoms with van der Waals surface area (Å²) < 4.78 is 0. The summed E-state index contributed by atoms with van der Waals surface area (Å²) in [6.07, 6.45) is 3.73. The number of nitrogens with zero attached hydrogens (tertiary/aromatic N) is 2. The number of halogens is 3. The summed E-state index contributed by atoms with van der Waals surface area (Å²) in [7, 11) is 0. The van der Waals surface area contributed by atoms with Crippen molar-refractivity contribution in [2.24, 2.45) is 11.7 Å². The Hall–Kier alpha value is -1.01. The number of piperazine rings is 1. The lowest BCUT2D eigenvalue weighted by molar-refractivity contribution is -0.138. The van der Waals surface area contributed by atoms with E-state index in [4.69, 9.17) is 28.9 Å². The summed E-state index contributed by atoms with van der Waals surface area (Å²) in [5.74, 6) is 0.108. The van der Waals surface area contributed by atoms with Crippen LogP contribution in [0.25, 0.3) is 0 Å². The first-order valence-electron chi connectivity index (χ1n) is 8.74. The molecular weight excluding hydrogens is 397 g/mol. The largest absolute Gasteiger partial charge is 0.339 e. The third-order valence-corrected chi connectivity index (χ3v) is 5.65. The van der Waals surface area contributed by atoms with Crippen LogP contribution in [0.15, 0.2) is 18.2 Å². The van der Waals surface area contributed by atoms with Gasteiger partial charge in [-0.3, -0.25) is 9.59 Å².